The highest BCUT2D eigenvalue weighted by molar-refractivity contribution is 7.07. The molecule has 2 aromatic carbocycles. The van der Waals surface area contributed by atoms with Crippen molar-refractivity contribution in [3.8, 4) is 5.69 Å². The zero-order valence-electron chi connectivity index (χ0n) is 23.0. The number of amides is 1. The van der Waals surface area contributed by atoms with Crippen molar-refractivity contribution in [2.75, 3.05) is 13.1 Å². The molecule has 9 heteroatoms. The van der Waals surface area contributed by atoms with Gasteiger partial charge in [0, 0.05) is 35.2 Å². The van der Waals surface area contributed by atoms with Gasteiger partial charge in [-0.05, 0) is 94.3 Å². The molecule has 0 spiro atoms. The summed E-state index contributed by atoms with van der Waals surface area (Å²) in [7, 11) is 0. The van der Waals surface area contributed by atoms with Crippen molar-refractivity contribution in [3.05, 3.63) is 119 Å². The highest BCUT2D eigenvalue weighted by atomic mass is 35.5. The molecule has 2 aromatic heterocycles. The third kappa shape index (κ3) is 4.86. The minimum atomic E-state index is -0.629. The lowest BCUT2D eigenvalue weighted by Crippen LogP contribution is -2.43. The SMILES string of the molecule is CCN(CC)C(=O)C1=C(C)N=c2s/c(=C/c3cc(C)n(-c4ccc(F)cc4)c3C)c(=O)n2[C@H]1c1ccc(Cl)cc1. The van der Waals surface area contributed by atoms with E-state index < -0.39 is 6.04 Å². The number of hydrogen-bond acceptors (Lipinski definition) is 4. The number of carbonyl (C=O) groups excluding carboxylic acids is 1. The second-order valence-electron chi connectivity index (χ2n) is 9.75. The van der Waals surface area contributed by atoms with E-state index >= 15 is 0 Å². The van der Waals surface area contributed by atoms with Gasteiger partial charge >= 0.3 is 0 Å². The quantitative estimate of drug-likeness (QED) is 0.313. The molecule has 206 valence electrons. The highest BCUT2D eigenvalue weighted by Gasteiger charge is 2.34. The van der Waals surface area contributed by atoms with Gasteiger partial charge in [-0.3, -0.25) is 14.2 Å². The summed E-state index contributed by atoms with van der Waals surface area (Å²) < 4.78 is 17.7. The minimum Gasteiger partial charge on any atom is -0.339 e. The van der Waals surface area contributed by atoms with Crippen LogP contribution >= 0.6 is 22.9 Å². The first-order valence-corrected chi connectivity index (χ1v) is 14.4. The van der Waals surface area contributed by atoms with E-state index in [-0.39, 0.29) is 17.3 Å². The molecule has 0 unspecified atom stereocenters. The number of fused-ring (bicyclic) bond motifs is 1. The normalized spacial score (nSPS) is 15.3. The van der Waals surface area contributed by atoms with Crippen molar-refractivity contribution in [1.29, 1.82) is 0 Å². The van der Waals surface area contributed by atoms with Crippen molar-refractivity contribution >= 4 is 34.9 Å². The van der Waals surface area contributed by atoms with E-state index in [4.69, 9.17) is 16.6 Å². The predicted octanol–water partition coefficient (Wildman–Crippen LogP) is 5.30. The monoisotopic (exact) mass is 576 g/mol. The summed E-state index contributed by atoms with van der Waals surface area (Å²) in [6.07, 6.45) is 1.87. The van der Waals surface area contributed by atoms with E-state index in [1.54, 1.807) is 33.7 Å². The molecule has 0 fully saturated rings. The van der Waals surface area contributed by atoms with Crippen LogP contribution in [0.15, 0.2) is 75.7 Å². The molecular weight excluding hydrogens is 547 g/mol. The number of rotatable bonds is 6. The van der Waals surface area contributed by atoms with Crippen molar-refractivity contribution < 1.29 is 9.18 Å². The van der Waals surface area contributed by atoms with Crippen LogP contribution in [-0.2, 0) is 4.79 Å². The van der Waals surface area contributed by atoms with Gasteiger partial charge in [0.05, 0.1) is 21.8 Å². The number of carbonyl (C=O) groups is 1. The van der Waals surface area contributed by atoms with Gasteiger partial charge in [-0.1, -0.05) is 35.1 Å². The lowest BCUT2D eigenvalue weighted by atomic mass is 9.94. The number of benzene rings is 2. The number of allylic oxidation sites excluding steroid dienone is 1. The average Bonchev–Trinajstić information content (AvgIpc) is 3.39. The Morgan fingerprint density at radius 3 is 2.35 bits per heavy atom. The molecule has 6 nitrogen and oxygen atoms in total. The van der Waals surface area contributed by atoms with Crippen LogP contribution in [0.5, 0.6) is 0 Å². The first kappa shape index (κ1) is 27.8. The summed E-state index contributed by atoms with van der Waals surface area (Å²) in [6.45, 7) is 10.7. The zero-order valence-corrected chi connectivity index (χ0v) is 24.6. The molecule has 1 aliphatic rings. The van der Waals surface area contributed by atoms with Crippen LogP contribution in [0, 0.1) is 19.7 Å². The van der Waals surface area contributed by atoms with E-state index in [0.29, 0.717) is 38.7 Å². The lowest BCUT2D eigenvalue weighted by Gasteiger charge is -2.29. The minimum absolute atomic E-state index is 0.136. The third-order valence-corrected chi connectivity index (χ3v) is 8.57. The van der Waals surface area contributed by atoms with E-state index in [9.17, 15) is 14.0 Å². The fraction of sp³-hybridized carbons (Fsp3) is 0.258. The first-order valence-electron chi connectivity index (χ1n) is 13.2. The molecule has 0 radical (unpaired) electrons. The van der Waals surface area contributed by atoms with Gasteiger partial charge in [-0.15, -0.1) is 0 Å². The molecule has 0 saturated heterocycles. The number of hydrogen-bond donors (Lipinski definition) is 0. The Balaban J connectivity index is 1.69. The van der Waals surface area contributed by atoms with Crippen molar-refractivity contribution in [2.45, 2.75) is 40.7 Å². The Labute approximate surface area is 241 Å². The van der Waals surface area contributed by atoms with Crippen LogP contribution in [0.1, 0.15) is 49.3 Å². The van der Waals surface area contributed by atoms with Crippen molar-refractivity contribution in [3.63, 3.8) is 0 Å². The molecule has 1 aliphatic heterocycles. The number of aryl methyl sites for hydroxylation is 1. The number of halogens is 2. The van der Waals surface area contributed by atoms with Crippen molar-refractivity contribution in [1.82, 2.24) is 14.0 Å². The number of nitrogens with zero attached hydrogens (tertiary/aromatic N) is 4. The molecule has 0 aliphatic carbocycles. The zero-order chi connectivity index (χ0) is 28.7. The summed E-state index contributed by atoms with van der Waals surface area (Å²) in [4.78, 5) is 34.8. The summed E-state index contributed by atoms with van der Waals surface area (Å²) in [5.41, 5.74) is 5.27. The Hall–Kier alpha value is -3.75. The first-order chi connectivity index (χ1) is 19.1. The molecule has 0 N–H and O–H groups in total. The fourth-order valence-corrected chi connectivity index (χ4v) is 6.46. The smallest absolute Gasteiger partial charge is 0.271 e. The fourth-order valence-electron chi connectivity index (χ4n) is 5.30. The van der Waals surface area contributed by atoms with Gasteiger partial charge in [0.1, 0.15) is 5.82 Å². The van der Waals surface area contributed by atoms with E-state index in [2.05, 4.69) is 0 Å². The van der Waals surface area contributed by atoms with Crippen LogP contribution in [0.2, 0.25) is 5.02 Å². The van der Waals surface area contributed by atoms with Gasteiger partial charge in [-0.2, -0.15) is 0 Å². The van der Waals surface area contributed by atoms with Gasteiger partial charge < -0.3 is 9.47 Å². The summed E-state index contributed by atoms with van der Waals surface area (Å²) in [5.74, 6) is -0.430. The van der Waals surface area contributed by atoms with Crippen LogP contribution in [0.25, 0.3) is 11.8 Å². The third-order valence-electron chi connectivity index (χ3n) is 7.33. The Morgan fingerprint density at radius 1 is 1.07 bits per heavy atom. The van der Waals surface area contributed by atoms with Gasteiger partial charge in [-0.25, -0.2) is 9.38 Å². The number of thiazole rings is 1. The summed E-state index contributed by atoms with van der Waals surface area (Å²) >= 11 is 7.48. The van der Waals surface area contributed by atoms with Crippen LogP contribution in [-0.4, -0.2) is 33.0 Å². The molecule has 40 heavy (non-hydrogen) atoms. The molecule has 1 atom stereocenters. The molecule has 1 amide bonds. The second-order valence-corrected chi connectivity index (χ2v) is 11.2. The maximum atomic E-state index is 14.0. The maximum absolute atomic E-state index is 14.0. The molecule has 5 rings (SSSR count). The highest BCUT2D eigenvalue weighted by Crippen LogP contribution is 2.32. The Morgan fingerprint density at radius 2 is 1.73 bits per heavy atom. The number of aromatic nitrogens is 2. The van der Waals surface area contributed by atoms with Gasteiger partial charge in [0.15, 0.2) is 4.80 Å². The molecule has 0 saturated carbocycles. The van der Waals surface area contributed by atoms with Crippen molar-refractivity contribution in [2.24, 2.45) is 4.99 Å². The van der Waals surface area contributed by atoms with E-state index in [1.807, 2.05) is 63.5 Å². The topological polar surface area (TPSA) is 59.6 Å². The van der Waals surface area contributed by atoms with Gasteiger partial charge in [0.2, 0.25) is 0 Å². The van der Waals surface area contributed by atoms with Gasteiger partial charge in [0.25, 0.3) is 11.5 Å². The Bertz CT molecular complexity index is 1810. The lowest BCUT2D eigenvalue weighted by molar-refractivity contribution is -0.127. The number of likely N-dealkylation sites (N-methyl/N-ethyl adjacent to an activating group) is 1. The average molecular weight is 577 g/mol. The van der Waals surface area contributed by atoms with E-state index in [1.165, 1.54) is 23.5 Å². The standard InChI is InChI=1S/C31H30ClFN4O2S/c1-6-35(7-2)30(39)27-19(4)34-31-37(28(27)21-8-10-23(32)11-9-21)29(38)26(40-31)17-22-16-18(3)36(20(22)5)25-14-12-24(33)13-15-25/h8-17,28H,6-7H2,1-5H3/b26-17+/t28-/m0/s1. The van der Waals surface area contributed by atoms with Crippen LogP contribution in [0.3, 0.4) is 0 Å². The predicted molar refractivity (Wildman–Crippen MR) is 158 cm³/mol. The molecule has 0 bridgehead atoms. The molecule has 4 aromatic rings. The summed E-state index contributed by atoms with van der Waals surface area (Å²) in [5, 5.41) is 0.574. The molecule has 3 heterocycles. The second kappa shape index (κ2) is 11.0. The maximum Gasteiger partial charge on any atom is 0.271 e. The molecular formula is C31H30ClFN4O2S. The largest absolute Gasteiger partial charge is 0.339 e. The van der Waals surface area contributed by atoms with Crippen LogP contribution in [0.4, 0.5) is 4.39 Å². The Kier molecular flexibility index (Phi) is 7.66. The summed E-state index contributed by atoms with van der Waals surface area (Å²) in [6, 6.07) is 15.0. The van der Waals surface area contributed by atoms with Crippen LogP contribution < -0.4 is 14.9 Å². The van der Waals surface area contributed by atoms with E-state index in [0.717, 1.165) is 28.2 Å².